The van der Waals surface area contributed by atoms with Gasteiger partial charge in [-0.2, -0.15) is 0 Å². The topological polar surface area (TPSA) is 79.8 Å². The van der Waals surface area contributed by atoms with Crippen LogP contribution in [0.15, 0.2) is 37.1 Å². The maximum absolute atomic E-state index is 12.0. The molecule has 1 amide bonds. The minimum atomic E-state index is -0.189. The molecule has 0 fully saturated rings. The van der Waals surface area contributed by atoms with Crippen LogP contribution in [0, 0.1) is 0 Å². The zero-order valence-corrected chi connectivity index (χ0v) is 9.92. The number of nitrogens with one attached hydrogen (secondary N) is 2. The predicted molar refractivity (Wildman–Crippen MR) is 67.0 cm³/mol. The Balaban J connectivity index is 2.04. The highest BCUT2D eigenvalue weighted by Gasteiger charge is 2.10. The van der Waals surface area contributed by atoms with Crippen molar-refractivity contribution in [3.8, 4) is 0 Å². The molecule has 18 heavy (non-hydrogen) atoms. The van der Waals surface area contributed by atoms with Crippen LogP contribution in [-0.4, -0.2) is 27.9 Å². The van der Waals surface area contributed by atoms with E-state index in [0.717, 1.165) is 11.4 Å². The maximum Gasteiger partial charge on any atom is 0.255 e. The molecule has 0 unspecified atom stereocenters. The molecular weight excluding hydrogens is 230 g/mol. The summed E-state index contributed by atoms with van der Waals surface area (Å²) in [7, 11) is 1.76. The predicted octanol–water partition coefficient (Wildman–Crippen LogP) is 0.843. The summed E-state index contributed by atoms with van der Waals surface area (Å²) in [6.45, 7) is 0.361. The second-order valence-electron chi connectivity index (χ2n) is 3.55. The van der Waals surface area contributed by atoms with Crippen molar-refractivity contribution in [3.63, 3.8) is 0 Å². The van der Waals surface area contributed by atoms with E-state index < -0.39 is 0 Å². The Morgan fingerprint density at radius 3 is 2.83 bits per heavy atom. The van der Waals surface area contributed by atoms with Gasteiger partial charge in [0.25, 0.3) is 5.91 Å². The third-order valence-electron chi connectivity index (χ3n) is 2.41. The van der Waals surface area contributed by atoms with Crippen molar-refractivity contribution < 1.29 is 4.79 Å². The van der Waals surface area contributed by atoms with E-state index in [0.29, 0.717) is 12.1 Å². The first-order chi connectivity index (χ1) is 8.81. The van der Waals surface area contributed by atoms with E-state index in [4.69, 9.17) is 0 Å². The molecular formula is C12H13N5O. The van der Waals surface area contributed by atoms with Crippen LogP contribution >= 0.6 is 0 Å². The molecule has 0 spiro atoms. The number of nitrogens with zero attached hydrogens (tertiary/aromatic N) is 3. The number of rotatable bonds is 4. The summed E-state index contributed by atoms with van der Waals surface area (Å²) in [6.07, 6.45) is 6.25. The lowest BCUT2D eigenvalue weighted by Crippen LogP contribution is -2.24. The first-order valence-electron chi connectivity index (χ1n) is 5.46. The summed E-state index contributed by atoms with van der Waals surface area (Å²) >= 11 is 0. The van der Waals surface area contributed by atoms with Crippen molar-refractivity contribution in [2.75, 3.05) is 12.4 Å². The molecule has 2 rings (SSSR count). The van der Waals surface area contributed by atoms with Gasteiger partial charge in [0.2, 0.25) is 0 Å². The minimum absolute atomic E-state index is 0.189. The standard InChI is InChI=1S/C12H13N5O/c1-13-11-3-5-14-7-10(11)12(18)16-6-9-2-4-15-8-17-9/h2-5,7-8H,6H2,1H3,(H,13,14)(H,16,18). The van der Waals surface area contributed by atoms with E-state index in [1.165, 1.54) is 12.5 Å². The summed E-state index contributed by atoms with van der Waals surface area (Å²) in [4.78, 5) is 23.8. The number of carbonyl (C=O) groups excluding carboxylic acids is 1. The van der Waals surface area contributed by atoms with E-state index in [1.807, 2.05) is 0 Å². The van der Waals surface area contributed by atoms with Gasteiger partial charge in [-0.05, 0) is 12.1 Å². The molecule has 0 radical (unpaired) electrons. The van der Waals surface area contributed by atoms with Crippen molar-refractivity contribution in [2.45, 2.75) is 6.54 Å². The number of amides is 1. The van der Waals surface area contributed by atoms with Gasteiger partial charge in [0.1, 0.15) is 6.33 Å². The molecule has 2 heterocycles. The van der Waals surface area contributed by atoms with Gasteiger partial charge in [-0.25, -0.2) is 9.97 Å². The van der Waals surface area contributed by atoms with E-state index in [9.17, 15) is 4.79 Å². The highest BCUT2D eigenvalue weighted by atomic mass is 16.1. The SMILES string of the molecule is CNc1ccncc1C(=O)NCc1ccncn1. The zero-order chi connectivity index (χ0) is 12.8. The average molecular weight is 243 g/mol. The van der Waals surface area contributed by atoms with Crippen LogP contribution in [0.25, 0.3) is 0 Å². The Hall–Kier alpha value is -2.50. The van der Waals surface area contributed by atoms with Gasteiger partial charge < -0.3 is 10.6 Å². The lowest BCUT2D eigenvalue weighted by molar-refractivity contribution is 0.0951. The molecule has 0 atom stereocenters. The van der Waals surface area contributed by atoms with Gasteiger partial charge in [-0.15, -0.1) is 0 Å². The van der Waals surface area contributed by atoms with Gasteiger partial charge in [-0.3, -0.25) is 9.78 Å². The number of hydrogen-bond acceptors (Lipinski definition) is 5. The highest BCUT2D eigenvalue weighted by molar-refractivity contribution is 5.99. The van der Waals surface area contributed by atoms with Crippen LogP contribution in [0.4, 0.5) is 5.69 Å². The van der Waals surface area contributed by atoms with Crippen molar-refractivity contribution in [1.29, 1.82) is 0 Å². The second-order valence-corrected chi connectivity index (χ2v) is 3.55. The monoisotopic (exact) mass is 243 g/mol. The van der Waals surface area contributed by atoms with Crippen molar-refractivity contribution in [3.05, 3.63) is 48.3 Å². The van der Waals surface area contributed by atoms with Crippen molar-refractivity contribution in [1.82, 2.24) is 20.3 Å². The molecule has 0 saturated carbocycles. The summed E-state index contributed by atoms with van der Waals surface area (Å²) in [5.74, 6) is -0.189. The molecule has 2 aromatic heterocycles. The smallest absolute Gasteiger partial charge is 0.255 e. The molecule has 0 aliphatic carbocycles. The van der Waals surface area contributed by atoms with Gasteiger partial charge >= 0.3 is 0 Å². The van der Waals surface area contributed by atoms with E-state index >= 15 is 0 Å². The number of hydrogen-bond donors (Lipinski definition) is 2. The quantitative estimate of drug-likeness (QED) is 0.832. The highest BCUT2D eigenvalue weighted by Crippen LogP contribution is 2.12. The van der Waals surface area contributed by atoms with Crippen molar-refractivity contribution >= 4 is 11.6 Å². The molecule has 0 saturated heterocycles. The minimum Gasteiger partial charge on any atom is -0.387 e. The van der Waals surface area contributed by atoms with Crippen LogP contribution < -0.4 is 10.6 Å². The van der Waals surface area contributed by atoms with Gasteiger partial charge in [0, 0.05) is 31.3 Å². The third kappa shape index (κ3) is 2.79. The fourth-order valence-electron chi connectivity index (χ4n) is 1.48. The third-order valence-corrected chi connectivity index (χ3v) is 2.41. The molecule has 0 aromatic carbocycles. The summed E-state index contributed by atoms with van der Waals surface area (Å²) in [5, 5.41) is 5.73. The molecule has 2 N–H and O–H groups in total. The van der Waals surface area contributed by atoms with E-state index in [1.54, 1.807) is 31.6 Å². The van der Waals surface area contributed by atoms with Gasteiger partial charge in [0.05, 0.1) is 17.8 Å². The fraction of sp³-hybridized carbons (Fsp3) is 0.167. The van der Waals surface area contributed by atoms with E-state index in [-0.39, 0.29) is 5.91 Å². The Bertz CT molecular complexity index is 529. The summed E-state index contributed by atoms with van der Waals surface area (Å²) in [6, 6.07) is 3.50. The molecule has 92 valence electrons. The van der Waals surface area contributed by atoms with Crippen LogP contribution in [-0.2, 0) is 6.54 Å². The molecule has 2 aromatic rings. The van der Waals surface area contributed by atoms with Crippen LogP contribution in [0.2, 0.25) is 0 Å². The first kappa shape index (κ1) is 12.0. The lowest BCUT2D eigenvalue weighted by Gasteiger charge is -2.08. The largest absolute Gasteiger partial charge is 0.387 e. The average Bonchev–Trinajstić information content (AvgIpc) is 2.45. The normalized spacial score (nSPS) is 9.83. The summed E-state index contributed by atoms with van der Waals surface area (Å²) in [5.41, 5.74) is 2.01. The molecule has 0 bridgehead atoms. The Labute approximate surface area is 105 Å². The Kier molecular flexibility index (Phi) is 3.80. The van der Waals surface area contributed by atoms with Gasteiger partial charge in [-0.1, -0.05) is 0 Å². The molecule has 0 aliphatic heterocycles. The van der Waals surface area contributed by atoms with Crippen molar-refractivity contribution in [2.24, 2.45) is 0 Å². The maximum atomic E-state index is 12.0. The summed E-state index contributed by atoms with van der Waals surface area (Å²) < 4.78 is 0. The molecule has 0 aliphatic rings. The Morgan fingerprint density at radius 2 is 2.11 bits per heavy atom. The molecule has 6 heteroatoms. The Morgan fingerprint density at radius 1 is 1.28 bits per heavy atom. The zero-order valence-electron chi connectivity index (χ0n) is 9.92. The molecule has 6 nitrogen and oxygen atoms in total. The van der Waals surface area contributed by atoms with E-state index in [2.05, 4.69) is 25.6 Å². The first-order valence-corrected chi connectivity index (χ1v) is 5.46. The number of aromatic nitrogens is 3. The van der Waals surface area contributed by atoms with Crippen LogP contribution in [0.1, 0.15) is 16.1 Å². The van der Waals surface area contributed by atoms with Crippen LogP contribution in [0.5, 0.6) is 0 Å². The number of pyridine rings is 1. The number of anilines is 1. The van der Waals surface area contributed by atoms with Gasteiger partial charge in [0.15, 0.2) is 0 Å². The van der Waals surface area contributed by atoms with Crippen LogP contribution in [0.3, 0.4) is 0 Å². The lowest BCUT2D eigenvalue weighted by atomic mass is 10.2. The number of carbonyl (C=O) groups is 1. The second kappa shape index (κ2) is 5.72. The fourth-order valence-corrected chi connectivity index (χ4v) is 1.48.